The highest BCUT2D eigenvalue weighted by molar-refractivity contribution is 5.95. The van der Waals surface area contributed by atoms with Gasteiger partial charge in [0.05, 0.1) is 17.5 Å². The van der Waals surface area contributed by atoms with E-state index in [1.54, 1.807) is 24.9 Å². The Morgan fingerprint density at radius 3 is 2.62 bits per heavy atom. The van der Waals surface area contributed by atoms with Crippen LogP contribution < -0.4 is 5.56 Å². The summed E-state index contributed by atoms with van der Waals surface area (Å²) in [5.41, 5.74) is 1.93. The number of nitrogens with one attached hydrogen (secondary N) is 1. The number of amides is 1. The van der Waals surface area contributed by atoms with Crippen molar-refractivity contribution < 1.29 is 4.79 Å². The first kappa shape index (κ1) is 15.7. The van der Waals surface area contributed by atoms with Crippen molar-refractivity contribution in [3.63, 3.8) is 0 Å². The van der Waals surface area contributed by atoms with Gasteiger partial charge in [0, 0.05) is 19.7 Å². The lowest BCUT2D eigenvalue weighted by Gasteiger charge is -2.17. The van der Waals surface area contributed by atoms with Gasteiger partial charge in [-0.05, 0) is 18.6 Å². The van der Waals surface area contributed by atoms with E-state index in [0.29, 0.717) is 23.6 Å². The molecule has 1 N–H and O–H groups in total. The van der Waals surface area contributed by atoms with Crippen LogP contribution in [0.25, 0.3) is 5.82 Å². The van der Waals surface area contributed by atoms with Crippen LogP contribution in [0.5, 0.6) is 0 Å². The number of benzene rings is 1. The molecule has 0 aliphatic carbocycles. The zero-order valence-electron chi connectivity index (χ0n) is 13.4. The van der Waals surface area contributed by atoms with Crippen LogP contribution in [0.4, 0.5) is 0 Å². The fourth-order valence-corrected chi connectivity index (χ4v) is 2.44. The molecule has 0 unspecified atom stereocenters. The predicted molar refractivity (Wildman–Crippen MR) is 89.0 cm³/mol. The molecular weight excluding hydrogens is 306 g/mol. The zero-order chi connectivity index (χ0) is 17.1. The maximum atomic E-state index is 12.7. The van der Waals surface area contributed by atoms with Crippen molar-refractivity contribution in [3.8, 4) is 5.82 Å². The van der Waals surface area contributed by atoms with Gasteiger partial charge >= 0.3 is 0 Å². The van der Waals surface area contributed by atoms with E-state index >= 15 is 0 Å². The molecule has 2 heterocycles. The Morgan fingerprint density at radius 2 is 1.96 bits per heavy atom. The van der Waals surface area contributed by atoms with Crippen molar-refractivity contribution in [1.29, 1.82) is 0 Å². The van der Waals surface area contributed by atoms with E-state index in [0.717, 1.165) is 5.56 Å². The van der Waals surface area contributed by atoms with Gasteiger partial charge in [0.25, 0.3) is 11.5 Å². The van der Waals surface area contributed by atoms with E-state index in [1.807, 2.05) is 30.3 Å². The fraction of sp³-hybridized carbons (Fsp3) is 0.176. The highest BCUT2D eigenvalue weighted by Crippen LogP contribution is 2.14. The lowest BCUT2D eigenvalue weighted by atomic mass is 10.2. The van der Waals surface area contributed by atoms with Gasteiger partial charge < -0.3 is 4.90 Å². The second-order valence-electron chi connectivity index (χ2n) is 5.48. The first-order valence-corrected chi connectivity index (χ1v) is 7.46. The van der Waals surface area contributed by atoms with Crippen LogP contribution in [0.15, 0.2) is 53.5 Å². The number of rotatable bonds is 4. The second-order valence-corrected chi connectivity index (χ2v) is 5.48. The summed E-state index contributed by atoms with van der Waals surface area (Å²) in [7, 11) is 1.75. The summed E-state index contributed by atoms with van der Waals surface area (Å²) >= 11 is 0. The van der Waals surface area contributed by atoms with Crippen LogP contribution in [0, 0.1) is 6.92 Å². The van der Waals surface area contributed by atoms with Crippen molar-refractivity contribution in [2.24, 2.45) is 0 Å². The lowest BCUT2D eigenvalue weighted by molar-refractivity contribution is 0.0784. The van der Waals surface area contributed by atoms with Crippen LogP contribution >= 0.6 is 0 Å². The molecule has 0 radical (unpaired) electrons. The molecule has 0 bridgehead atoms. The Kier molecular flexibility index (Phi) is 4.24. The molecule has 3 aromatic rings. The van der Waals surface area contributed by atoms with Crippen molar-refractivity contribution in [1.82, 2.24) is 24.9 Å². The van der Waals surface area contributed by atoms with Gasteiger partial charge in [0.15, 0.2) is 5.82 Å². The Hall–Kier alpha value is -3.22. The maximum Gasteiger partial charge on any atom is 0.264 e. The lowest BCUT2D eigenvalue weighted by Crippen LogP contribution is -2.26. The molecule has 0 aliphatic heterocycles. The van der Waals surface area contributed by atoms with E-state index in [9.17, 15) is 9.59 Å². The van der Waals surface area contributed by atoms with E-state index in [4.69, 9.17) is 0 Å². The molecule has 0 aliphatic rings. The molecule has 122 valence electrons. The molecule has 7 heteroatoms. The monoisotopic (exact) mass is 323 g/mol. The summed E-state index contributed by atoms with van der Waals surface area (Å²) in [6.45, 7) is 2.31. The van der Waals surface area contributed by atoms with Crippen LogP contribution in [0.3, 0.4) is 0 Å². The quantitative estimate of drug-likeness (QED) is 0.789. The smallest absolute Gasteiger partial charge is 0.264 e. The number of H-pyrrole nitrogens is 1. The Bertz CT molecular complexity index is 894. The molecule has 0 saturated heterocycles. The summed E-state index contributed by atoms with van der Waals surface area (Å²) in [6, 6.07) is 12.7. The van der Waals surface area contributed by atoms with Crippen LogP contribution in [0.2, 0.25) is 0 Å². The first-order chi connectivity index (χ1) is 11.6. The Balaban J connectivity index is 1.83. The third-order valence-corrected chi connectivity index (χ3v) is 3.73. The van der Waals surface area contributed by atoms with Crippen molar-refractivity contribution in [2.45, 2.75) is 13.5 Å². The van der Waals surface area contributed by atoms with E-state index in [1.165, 1.54) is 16.9 Å². The third kappa shape index (κ3) is 3.10. The highest BCUT2D eigenvalue weighted by Gasteiger charge is 2.19. The number of carbonyl (C=O) groups excluding carboxylic acids is 1. The molecule has 2 aromatic heterocycles. The summed E-state index contributed by atoms with van der Waals surface area (Å²) in [4.78, 5) is 25.4. The topological polar surface area (TPSA) is 83.9 Å². The Labute approximate surface area is 138 Å². The van der Waals surface area contributed by atoms with E-state index in [2.05, 4.69) is 15.3 Å². The minimum Gasteiger partial charge on any atom is -0.337 e. The minimum atomic E-state index is -0.289. The molecule has 0 fully saturated rings. The van der Waals surface area contributed by atoms with Crippen LogP contribution in [0.1, 0.15) is 21.6 Å². The Morgan fingerprint density at radius 1 is 1.21 bits per heavy atom. The van der Waals surface area contributed by atoms with Gasteiger partial charge in [-0.3, -0.25) is 9.59 Å². The van der Waals surface area contributed by atoms with Gasteiger partial charge in [-0.2, -0.15) is 10.2 Å². The molecule has 0 saturated carbocycles. The van der Waals surface area contributed by atoms with Crippen LogP contribution in [-0.4, -0.2) is 37.8 Å². The van der Waals surface area contributed by atoms with Gasteiger partial charge in [-0.25, -0.2) is 9.78 Å². The maximum absolute atomic E-state index is 12.7. The van der Waals surface area contributed by atoms with Gasteiger partial charge in [-0.1, -0.05) is 30.3 Å². The number of aromatic nitrogens is 4. The molecule has 0 atom stereocenters. The largest absolute Gasteiger partial charge is 0.337 e. The number of hydrogen-bond donors (Lipinski definition) is 1. The fourth-order valence-electron chi connectivity index (χ4n) is 2.44. The van der Waals surface area contributed by atoms with Gasteiger partial charge in [0.1, 0.15) is 0 Å². The summed E-state index contributed by atoms with van der Waals surface area (Å²) < 4.78 is 1.53. The summed E-state index contributed by atoms with van der Waals surface area (Å²) in [5, 5.41) is 10.5. The first-order valence-electron chi connectivity index (χ1n) is 7.46. The molecule has 0 spiro atoms. The number of aromatic amines is 1. The second kappa shape index (κ2) is 6.49. The van der Waals surface area contributed by atoms with Gasteiger partial charge in [0.2, 0.25) is 0 Å². The van der Waals surface area contributed by atoms with Gasteiger partial charge in [-0.15, -0.1) is 0 Å². The SMILES string of the molecule is Cc1c(C(=O)N(C)Cc2ccccc2)cnn1-c1ccc(=O)[nH]n1. The number of hydrogen-bond acceptors (Lipinski definition) is 4. The standard InChI is InChI=1S/C17H17N5O2/c1-12-14(10-18-22(12)15-8-9-16(23)20-19-15)17(24)21(2)11-13-6-4-3-5-7-13/h3-10H,11H2,1-2H3,(H,20,23). The average molecular weight is 323 g/mol. The number of nitrogens with zero attached hydrogens (tertiary/aromatic N) is 4. The minimum absolute atomic E-state index is 0.118. The molecular formula is C17H17N5O2. The molecule has 24 heavy (non-hydrogen) atoms. The predicted octanol–water partition coefficient (Wildman–Crippen LogP) is 1.54. The van der Waals surface area contributed by atoms with Crippen molar-refractivity contribution in [3.05, 3.63) is 75.8 Å². The summed E-state index contributed by atoms with van der Waals surface area (Å²) in [6.07, 6.45) is 1.52. The van der Waals surface area contributed by atoms with Crippen molar-refractivity contribution >= 4 is 5.91 Å². The van der Waals surface area contributed by atoms with Crippen molar-refractivity contribution in [2.75, 3.05) is 7.05 Å². The average Bonchev–Trinajstić information content (AvgIpc) is 2.97. The third-order valence-electron chi connectivity index (χ3n) is 3.73. The molecule has 1 aromatic carbocycles. The van der Waals surface area contributed by atoms with E-state index < -0.39 is 0 Å². The highest BCUT2D eigenvalue weighted by atomic mass is 16.2. The van der Waals surface area contributed by atoms with E-state index in [-0.39, 0.29) is 11.5 Å². The number of carbonyl (C=O) groups is 1. The normalized spacial score (nSPS) is 10.6. The summed E-state index contributed by atoms with van der Waals surface area (Å²) in [5.74, 6) is 0.337. The molecule has 7 nitrogen and oxygen atoms in total. The molecule has 3 rings (SSSR count). The molecule has 1 amide bonds. The zero-order valence-corrected chi connectivity index (χ0v) is 13.4. The van der Waals surface area contributed by atoms with Crippen LogP contribution in [-0.2, 0) is 6.54 Å².